The van der Waals surface area contributed by atoms with Gasteiger partial charge in [0.05, 0.1) is 36.6 Å². The molecule has 1 amide bonds. The van der Waals surface area contributed by atoms with Gasteiger partial charge in [0.1, 0.15) is 12.3 Å². The van der Waals surface area contributed by atoms with E-state index >= 15 is 0 Å². The van der Waals surface area contributed by atoms with Gasteiger partial charge in [0, 0.05) is 18.1 Å². The van der Waals surface area contributed by atoms with Crippen molar-refractivity contribution in [3.8, 4) is 0 Å². The number of aromatic nitrogens is 2. The van der Waals surface area contributed by atoms with Gasteiger partial charge in [-0.2, -0.15) is 0 Å². The second-order valence-corrected chi connectivity index (χ2v) is 6.64. The van der Waals surface area contributed by atoms with E-state index in [0.29, 0.717) is 36.4 Å². The number of hydrogen-bond acceptors (Lipinski definition) is 5. The molecule has 0 aliphatic rings. The number of hydrogen-bond donors (Lipinski definition) is 0. The van der Waals surface area contributed by atoms with Crippen LogP contribution in [-0.4, -0.2) is 40.6 Å². The summed E-state index contributed by atoms with van der Waals surface area (Å²) in [7, 11) is 1.57. The van der Waals surface area contributed by atoms with Gasteiger partial charge in [-0.3, -0.25) is 14.2 Å². The third-order valence-electron chi connectivity index (χ3n) is 3.94. The Bertz CT molecular complexity index is 953. The van der Waals surface area contributed by atoms with Crippen LogP contribution in [0.3, 0.4) is 0 Å². The molecule has 0 bridgehead atoms. The first kappa shape index (κ1) is 18.3. The molecule has 8 heteroatoms. The van der Waals surface area contributed by atoms with Gasteiger partial charge in [0.2, 0.25) is 5.91 Å². The van der Waals surface area contributed by atoms with Crippen molar-refractivity contribution in [1.29, 1.82) is 0 Å². The highest BCUT2D eigenvalue weighted by molar-refractivity contribution is 9.10. The molecule has 2 heterocycles. The summed E-state index contributed by atoms with van der Waals surface area (Å²) in [6.07, 6.45) is 2.96. The molecule has 26 heavy (non-hydrogen) atoms. The largest absolute Gasteiger partial charge is 0.467 e. The van der Waals surface area contributed by atoms with Crippen molar-refractivity contribution in [3.63, 3.8) is 0 Å². The zero-order chi connectivity index (χ0) is 18.5. The number of ether oxygens (including phenoxy) is 1. The summed E-state index contributed by atoms with van der Waals surface area (Å²) in [6, 6.07) is 8.85. The molecule has 0 fully saturated rings. The SMILES string of the molecule is COCCN(Cc1ccco1)C(=O)Cn1cnc2ccc(Br)cc2c1=O. The molecule has 0 saturated heterocycles. The minimum atomic E-state index is -0.255. The van der Waals surface area contributed by atoms with Crippen LogP contribution in [0.1, 0.15) is 5.76 Å². The van der Waals surface area contributed by atoms with E-state index in [2.05, 4.69) is 20.9 Å². The molecule has 1 aromatic carbocycles. The summed E-state index contributed by atoms with van der Waals surface area (Å²) in [5.41, 5.74) is 0.336. The molecule has 7 nitrogen and oxygen atoms in total. The average molecular weight is 420 g/mol. The second kappa shape index (κ2) is 8.29. The van der Waals surface area contributed by atoms with E-state index in [4.69, 9.17) is 9.15 Å². The number of methoxy groups -OCH3 is 1. The van der Waals surface area contributed by atoms with Crippen LogP contribution < -0.4 is 5.56 Å². The normalized spacial score (nSPS) is 11.0. The van der Waals surface area contributed by atoms with Crippen LogP contribution in [0.15, 0.2) is 56.6 Å². The lowest BCUT2D eigenvalue weighted by Crippen LogP contribution is -2.38. The van der Waals surface area contributed by atoms with Gasteiger partial charge in [-0.1, -0.05) is 15.9 Å². The smallest absolute Gasteiger partial charge is 0.261 e. The van der Waals surface area contributed by atoms with Crippen molar-refractivity contribution >= 4 is 32.7 Å². The zero-order valence-electron chi connectivity index (χ0n) is 14.2. The summed E-state index contributed by atoms with van der Waals surface area (Å²) in [4.78, 5) is 31.2. The number of carbonyl (C=O) groups is 1. The zero-order valence-corrected chi connectivity index (χ0v) is 15.8. The Balaban J connectivity index is 1.83. The number of fused-ring (bicyclic) bond motifs is 1. The second-order valence-electron chi connectivity index (χ2n) is 5.73. The minimum Gasteiger partial charge on any atom is -0.467 e. The van der Waals surface area contributed by atoms with E-state index in [1.54, 1.807) is 42.5 Å². The first-order valence-electron chi connectivity index (χ1n) is 8.02. The molecule has 0 atom stereocenters. The summed E-state index contributed by atoms with van der Waals surface area (Å²) < 4.78 is 12.5. The predicted molar refractivity (Wildman–Crippen MR) is 99.7 cm³/mol. The van der Waals surface area contributed by atoms with Crippen molar-refractivity contribution in [2.45, 2.75) is 13.1 Å². The topological polar surface area (TPSA) is 77.6 Å². The minimum absolute atomic E-state index is 0.0985. The first-order valence-corrected chi connectivity index (χ1v) is 8.81. The van der Waals surface area contributed by atoms with E-state index in [0.717, 1.165) is 4.47 Å². The van der Waals surface area contributed by atoms with Gasteiger partial charge in [0.25, 0.3) is 5.56 Å². The molecular weight excluding hydrogens is 402 g/mol. The van der Waals surface area contributed by atoms with Crippen molar-refractivity contribution in [2.24, 2.45) is 0 Å². The van der Waals surface area contributed by atoms with Crippen LogP contribution in [0, 0.1) is 0 Å². The molecule has 0 N–H and O–H groups in total. The predicted octanol–water partition coefficient (Wildman–Crippen LogP) is 2.43. The van der Waals surface area contributed by atoms with E-state index in [1.165, 1.54) is 10.9 Å². The number of amides is 1. The molecule has 0 aliphatic heterocycles. The highest BCUT2D eigenvalue weighted by atomic mass is 79.9. The van der Waals surface area contributed by atoms with Crippen molar-refractivity contribution in [1.82, 2.24) is 14.5 Å². The standard InChI is InChI=1S/C18H18BrN3O4/c1-25-8-6-21(10-14-3-2-7-26-14)17(23)11-22-12-20-16-5-4-13(19)9-15(16)18(22)24/h2-5,7,9,12H,6,8,10-11H2,1H3. The number of halogens is 1. The van der Waals surface area contributed by atoms with Crippen LogP contribution in [0.2, 0.25) is 0 Å². The van der Waals surface area contributed by atoms with Gasteiger partial charge in [0.15, 0.2) is 0 Å². The molecular formula is C18H18BrN3O4. The Labute approximate surface area is 158 Å². The van der Waals surface area contributed by atoms with E-state index in [-0.39, 0.29) is 18.0 Å². The van der Waals surface area contributed by atoms with Crippen LogP contribution in [0.25, 0.3) is 10.9 Å². The van der Waals surface area contributed by atoms with Crippen molar-refractivity contribution in [3.05, 3.63) is 63.5 Å². The van der Waals surface area contributed by atoms with E-state index in [1.807, 2.05) is 6.07 Å². The summed E-state index contributed by atoms with van der Waals surface area (Å²) in [5.74, 6) is 0.457. The Hall–Kier alpha value is -2.45. The lowest BCUT2D eigenvalue weighted by molar-refractivity contribution is -0.133. The van der Waals surface area contributed by atoms with Gasteiger partial charge in [-0.15, -0.1) is 0 Å². The Morgan fingerprint density at radius 3 is 2.96 bits per heavy atom. The highest BCUT2D eigenvalue weighted by Gasteiger charge is 2.17. The maximum atomic E-state index is 12.7. The molecule has 3 aromatic rings. The highest BCUT2D eigenvalue weighted by Crippen LogP contribution is 2.15. The Morgan fingerprint density at radius 2 is 2.23 bits per heavy atom. The number of benzene rings is 1. The first-order chi connectivity index (χ1) is 12.6. The number of furan rings is 1. The monoisotopic (exact) mass is 419 g/mol. The number of nitrogens with zero attached hydrogens (tertiary/aromatic N) is 3. The molecule has 3 rings (SSSR count). The third kappa shape index (κ3) is 4.20. The Morgan fingerprint density at radius 1 is 1.38 bits per heavy atom. The Kier molecular flexibility index (Phi) is 5.85. The summed E-state index contributed by atoms with van der Waals surface area (Å²) in [5, 5.41) is 0.462. The van der Waals surface area contributed by atoms with Gasteiger partial charge in [-0.25, -0.2) is 4.98 Å². The maximum absolute atomic E-state index is 12.7. The van der Waals surface area contributed by atoms with Gasteiger partial charge in [-0.05, 0) is 30.3 Å². The molecule has 0 aliphatic carbocycles. The van der Waals surface area contributed by atoms with Crippen molar-refractivity contribution < 1.29 is 13.9 Å². The fraction of sp³-hybridized carbons (Fsp3) is 0.278. The third-order valence-corrected chi connectivity index (χ3v) is 4.43. The van der Waals surface area contributed by atoms with E-state index < -0.39 is 0 Å². The van der Waals surface area contributed by atoms with Gasteiger partial charge < -0.3 is 14.1 Å². The van der Waals surface area contributed by atoms with Gasteiger partial charge >= 0.3 is 0 Å². The average Bonchev–Trinajstić information content (AvgIpc) is 3.14. The molecule has 0 saturated carbocycles. The summed E-state index contributed by atoms with van der Waals surface area (Å²) >= 11 is 3.35. The number of carbonyl (C=O) groups excluding carboxylic acids is 1. The maximum Gasteiger partial charge on any atom is 0.261 e. The molecule has 0 spiro atoms. The molecule has 136 valence electrons. The van der Waals surface area contributed by atoms with Crippen LogP contribution >= 0.6 is 15.9 Å². The molecule has 0 radical (unpaired) electrons. The fourth-order valence-electron chi connectivity index (χ4n) is 2.57. The fourth-order valence-corrected chi connectivity index (χ4v) is 2.93. The van der Waals surface area contributed by atoms with Crippen LogP contribution in [0.4, 0.5) is 0 Å². The quantitative estimate of drug-likeness (QED) is 0.587. The van der Waals surface area contributed by atoms with E-state index in [9.17, 15) is 9.59 Å². The molecule has 2 aromatic heterocycles. The van der Waals surface area contributed by atoms with Crippen molar-refractivity contribution in [2.75, 3.05) is 20.3 Å². The number of rotatable bonds is 7. The van der Waals surface area contributed by atoms with Crippen LogP contribution in [-0.2, 0) is 22.6 Å². The molecule has 0 unspecified atom stereocenters. The lowest BCUT2D eigenvalue weighted by Gasteiger charge is -2.21. The van der Waals surface area contributed by atoms with Crippen LogP contribution in [0.5, 0.6) is 0 Å². The lowest BCUT2D eigenvalue weighted by atomic mass is 10.2. The summed E-state index contributed by atoms with van der Waals surface area (Å²) in [6.45, 7) is 1.01.